The van der Waals surface area contributed by atoms with E-state index >= 15 is 0 Å². The molecule has 2 aromatic carbocycles. The molecule has 1 aliphatic heterocycles. The largest absolute Gasteiger partial charge is 0.495 e. The average molecular weight is 447 g/mol. The number of carbonyl (C=O) groups excluding carboxylic acids is 1. The highest BCUT2D eigenvalue weighted by atomic mass is 32.2. The summed E-state index contributed by atoms with van der Waals surface area (Å²) in [4.78, 5) is 13.0. The van der Waals surface area contributed by atoms with Crippen LogP contribution in [0.25, 0.3) is 0 Å². The molecular formula is C23H30N2O5S. The second-order valence-corrected chi connectivity index (χ2v) is 9.70. The summed E-state index contributed by atoms with van der Waals surface area (Å²) in [7, 11) is -2.25. The molecule has 1 amide bonds. The van der Waals surface area contributed by atoms with Gasteiger partial charge in [0.25, 0.3) is 0 Å². The first kappa shape index (κ1) is 22.9. The number of nitrogens with one attached hydrogen (secondary N) is 1. The van der Waals surface area contributed by atoms with Gasteiger partial charge in [-0.15, -0.1) is 0 Å². The van der Waals surface area contributed by atoms with Gasteiger partial charge in [-0.25, -0.2) is 8.42 Å². The van der Waals surface area contributed by atoms with E-state index in [1.807, 2.05) is 24.3 Å². The molecule has 1 atom stereocenters. The Bertz CT molecular complexity index is 1030. The Morgan fingerprint density at radius 3 is 2.45 bits per heavy atom. The van der Waals surface area contributed by atoms with E-state index in [9.17, 15) is 13.2 Å². The topological polar surface area (TPSA) is 84.9 Å². The van der Waals surface area contributed by atoms with Crippen molar-refractivity contribution in [1.82, 2.24) is 5.32 Å². The smallest absolute Gasteiger partial charge is 0.241 e. The molecule has 3 rings (SSSR count). The number of benzene rings is 2. The number of sulfonamides is 1. The second-order valence-electron chi connectivity index (χ2n) is 7.80. The molecule has 1 N–H and O–H groups in total. The lowest BCUT2D eigenvalue weighted by atomic mass is 9.83. The number of amides is 1. The highest BCUT2D eigenvalue weighted by molar-refractivity contribution is 7.92. The quantitative estimate of drug-likeness (QED) is 0.669. The van der Waals surface area contributed by atoms with Crippen LogP contribution in [0.4, 0.5) is 5.69 Å². The summed E-state index contributed by atoms with van der Waals surface area (Å²) in [6.45, 7) is 3.80. The summed E-state index contributed by atoms with van der Waals surface area (Å²) in [5, 5.41) is 3.04. The summed E-state index contributed by atoms with van der Waals surface area (Å²) in [5.74, 6) is 0.750. The van der Waals surface area contributed by atoms with Gasteiger partial charge in [-0.3, -0.25) is 9.10 Å². The molecule has 7 nitrogen and oxygen atoms in total. The third kappa shape index (κ3) is 4.95. The Labute approximate surface area is 184 Å². The zero-order chi connectivity index (χ0) is 22.6. The lowest BCUT2D eigenvalue weighted by molar-refractivity contribution is -0.121. The first-order chi connectivity index (χ1) is 14.7. The van der Waals surface area contributed by atoms with Crippen LogP contribution in [-0.4, -0.2) is 39.8 Å². The maximum absolute atomic E-state index is 13.0. The molecule has 31 heavy (non-hydrogen) atoms. The number of rotatable bonds is 8. The average Bonchev–Trinajstić information content (AvgIpc) is 2.76. The maximum Gasteiger partial charge on any atom is 0.241 e. The summed E-state index contributed by atoms with van der Waals surface area (Å²) >= 11 is 0. The number of anilines is 1. The Balaban J connectivity index is 1.87. The number of carbonyl (C=O) groups is 1. The van der Waals surface area contributed by atoms with E-state index in [4.69, 9.17) is 9.47 Å². The zero-order valence-electron chi connectivity index (χ0n) is 18.4. The van der Waals surface area contributed by atoms with Gasteiger partial charge in [-0.05, 0) is 31.0 Å². The molecule has 1 aliphatic rings. The number of ether oxygens (including phenoxy) is 2. The normalized spacial score (nSPS) is 17.2. The van der Waals surface area contributed by atoms with E-state index in [0.717, 1.165) is 34.7 Å². The Morgan fingerprint density at radius 1 is 1.16 bits per heavy atom. The van der Waals surface area contributed by atoms with Crippen molar-refractivity contribution < 1.29 is 22.7 Å². The molecule has 0 fully saturated rings. The summed E-state index contributed by atoms with van der Waals surface area (Å²) in [6.07, 6.45) is 3.31. The van der Waals surface area contributed by atoms with E-state index in [1.165, 1.54) is 7.11 Å². The predicted molar refractivity (Wildman–Crippen MR) is 121 cm³/mol. The molecule has 0 radical (unpaired) electrons. The molecule has 0 saturated heterocycles. The summed E-state index contributed by atoms with van der Waals surface area (Å²) in [6, 6.07) is 14.1. The third-order valence-corrected chi connectivity index (χ3v) is 6.99. The van der Waals surface area contributed by atoms with Gasteiger partial charge in [-0.2, -0.15) is 0 Å². The maximum atomic E-state index is 13.0. The van der Waals surface area contributed by atoms with Gasteiger partial charge in [-0.1, -0.05) is 44.2 Å². The van der Waals surface area contributed by atoms with Crippen LogP contribution in [0, 0.1) is 0 Å². The molecule has 168 valence electrons. The molecule has 0 unspecified atom stereocenters. The van der Waals surface area contributed by atoms with Crippen LogP contribution in [0.2, 0.25) is 0 Å². The van der Waals surface area contributed by atoms with Crippen LogP contribution in [0.3, 0.4) is 0 Å². The number of hydrogen-bond donors (Lipinski definition) is 1. The molecular weight excluding hydrogens is 416 g/mol. The number of hydrogen-bond acceptors (Lipinski definition) is 5. The van der Waals surface area contributed by atoms with Crippen molar-refractivity contribution in [2.45, 2.75) is 44.8 Å². The molecule has 0 aromatic heterocycles. The monoisotopic (exact) mass is 446 g/mol. The fourth-order valence-electron chi connectivity index (χ4n) is 4.02. The van der Waals surface area contributed by atoms with Crippen molar-refractivity contribution in [2.75, 3.05) is 24.2 Å². The van der Waals surface area contributed by atoms with Crippen molar-refractivity contribution in [3.05, 3.63) is 54.1 Å². The van der Waals surface area contributed by atoms with Gasteiger partial charge in [0.2, 0.25) is 15.9 Å². The fourth-order valence-corrected chi connectivity index (χ4v) is 4.88. The predicted octanol–water partition coefficient (Wildman–Crippen LogP) is 3.66. The minimum absolute atomic E-state index is 0.267. The molecule has 8 heteroatoms. The van der Waals surface area contributed by atoms with Crippen molar-refractivity contribution in [2.24, 2.45) is 0 Å². The van der Waals surface area contributed by atoms with Crippen LogP contribution in [0.1, 0.15) is 44.7 Å². The molecule has 0 bridgehead atoms. The standard InChI is InChI=1S/C23H30N2O5S/c1-5-23(6-2)15-18(17-11-7-9-13-20(17)30-23)24-22(26)16-25(31(4,27)28)19-12-8-10-14-21(19)29-3/h7-14,18H,5-6,15-16H2,1-4H3,(H,24,26)/t18-/m1/s1. The molecule has 0 spiro atoms. The SMILES string of the molecule is CCC1(CC)C[C@@H](NC(=O)CN(c2ccccc2OC)S(C)(=O)=O)c2ccccc2O1. The number of fused-ring (bicyclic) bond motifs is 1. The van der Waals surface area contributed by atoms with Crippen LogP contribution in [0.5, 0.6) is 11.5 Å². The highest BCUT2D eigenvalue weighted by Gasteiger charge is 2.39. The van der Waals surface area contributed by atoms with Crippen molar-refractivity contribution in [3.63, 3.8) is 0 Å². The second kappa shape index (κ2) is 9.18. The van der Waals surface area contributed by atoms with E-state index < -0.39 is 10.0 Å². The fraction of sp³-hybridized carbons (Fsp3) is 0.435. The van der Waals surface area contributed by atoms with Gasteiger partial charge >= 0.3 is 0 Å². The van der Waals surface area contributed by atoms with Gasteiger partial charge in [0, 0.05) is 12.0 Å². The zero-order valence-corrected chi connectivity index (χ0v) is 19.2. The van der Waals surface area contributed by atoms with E-state index in [-0.39, 0.29) is 24.1 Å². The number of methoxy groups -OCH3 is 1. The van der Waals surface area contributed by atoms with Gasteiger partial charge in [0.1, 0.15) is 23.6 Å². The van der Waals surface area contributed by atoms with Crippen molar-refractivity contribution >= 4 is 21.6 Å². The first-order valence-corrected chi connectivity index (χ1v) is 12.3. The minimum Gasteiger partial charge on any atom is -0.495 e. The molecule has 0 saturated carbocycles. The van der Waals surface area contributed by atoms with E-state index in [1.54, 1.807) is 24.3 Å². The highest BCUT2D eigenvalue weighted by Crippen LogP contribution is 2.42. The van der Waals surface area contributed by atoms with Crippen LogP contribution < -0.4 is 19.1 Å². The van der Waals surface area contributed by atoms with Crippen LogP contribution in [0.15, 0.2) is 48.5 Å². The van der Waals surface area contributed by atoms with Gasteiger partial charge in [0.15, 0.2) is 0 Å². The van der Waals surface area contributed by atoms with Crippen molar-refractivity contribution in [1.29, 1.82) is 0 Å². The van der Waals surface area contributed by atoms with Gasteiger partial charge < -0.3 is 14.8 Å². The Hall–Kier alpha value is -2.74. The lowest BCUT2D eigenvalue weighted by Gasteiger charge is -2.41. The third-order valence-electron chi connectivity index (χ3n) is 5.86. The molecule has 0 aliphatic carbocycles. The summed E-state index contributed by atoms with van der Waals surface area (Å²) < 4.78 is 37.6. The lowest BCUT2D eigenvalue weighted by Crippen LogP contribution is -2.47. The minimum atomic E-state index is -3.71. The van der Waals surface area contributed by atoms with Crippen LogP contribution >= 0.6 is 0 Å². The van der Waals surface area contributed by atoms with Crippen LogP contribution in [-0.2, 0) is 14.8 Å². The molecule has 1 heterocycles. The van der Waals surface area contributed by atoms with E-state index in [0.29, 0.717) is 17.9 Å². The molecule has 2 aromatic rings. The number of nitrogens with zero attached hydrogens (tertiary/aromatic N) is 1. The summed E-state index contributed by atoms with van der Waals surface area (Å²) in [5.41, 5.74) is 0.855. The van der Waals surface area contributed by atoms with Crippen molar-refractivity contribution in [3.8, 4) is 11.5 Å². The first-order valence-electron chi connectivity index (χ1n) is 10.4. The Kier molecular flexibility index (Phi) is 6.79. The Morgan fingerprint density at radius 2 is 1.81 bits per heavy atom. The number of para-hydroxylation sites is 3. The van der Waals surface area contributed by atoms with Gasteiger partial charge in [0.05, 0.1) is 25.1 Å². The van der Waals surface area contributed by atoms with E-state index in [2.05, 4.69) is 19.2 Å².